The third kappa shape index (κ3) is 3.08. The van der Waals surface area contributed by atoms with Crippen LogP contribution in [0.1, 0.15) is 12.8 Å². The molecular weight excluding hydrogens is 318 g/mol. The molecule has 2 heterocycles. The molecule has 4 rings (SSSR count). The molecule has 122 valence electrons. The van der Waals surface area contributed by atoms with E-state index in [4.69, 9.17) is 0 Å². The maximum Gasteiger partial charge on any atom is 0.187 e. The highest BCUT2D eigenvalue weighted by Gasteiger charge is 2.12. The van der Waals surface area contributed by atoms with E-state index in [0.717, 1.165) is 29.5 Å². The van der Waals surface area contributed by atoms with Gasteiger partial charge < -0.3 is 15.3 Å². The number of phenolic OH excluding ortho intramolecular Hbond substituents is 1. The zero-order chi connectivity index (χ0) is 16.4. The van der Waals surface area contributed by atoms with Crippen molar-refractivity contribution in [3.05, 3.63) is 53.9 Å². The third-order valence-electron chi connectivity index (χ3n) is 4.28. The number of anilines is 3. The predicted molar refractivity (Wildman–Crippen MR) is 100 cm³/mol. The van der Waals surface area contributed by atoms with Crippen LogP contribution in [-0.2, 0) is 0 Å². The Bertz CT molecular complexity index is 823. The summed E-state index contributed by atoms with van der Waals surface area (Å²) in [6.07, 6.45) is 2.57. The molecule has 0 radical (unpaired) electrons. The summed E-state index contributed by atoms with van der Waals surface area (Å²) in [5.74, 6) is 0.226. The third-order valence-corrected chi connectivity index (χ3v) is 5.04. The SMILES string of the molecule is Oc1ccccc1Nc1nc(-c2ccc(N3CCCC3)cc2)cs1. The molecule has 0 spiro atoms. The summed E-state index contributed by atoms with van der Waals surface area (Å²) >= 11 is 1.53. The fourth-order valence-electron chi connectivity index (χ4n) is 2.98. The summed E-state index contributed by atoms with van der Waals surface area (Å²) in [7, 11) is 0. The van der Waals surface area contributed by atoms with Gasteiger partial charge in [-0.25, -0.2) is 4.98 Å². The Morgan fingerprint density at radius 2 is 1.75 bits per heavy atom. The van der Waals surface area contributed by atoms with E-state index in [0.29, 0.717) is 5.69 Å². The van der Waals surface area contributed by atoms with Crippen LogP contribution in [0.15, 0.2) is 53.9 Å². The number of aromatic hydroxyl groups is 1. The topological polar surface area (TPSA) is 48.4 Å². The quantitative estimate of drug-likeness (QED) is 0.668. The van der Waals surface area contributed by atoms with Gasteiger partial charge in [-0.3, -0.25) is 0 Å². The molecule has 1 aromatic heterocycles. The highest BCUT2D eigenvalue weighted by molar-refractivity contribution is 7.14. The van der Waals surface area contributed by atoms with E-state index >= 15 is 0 Å². The van der Waals surface area contributed by atoms with Crippen molar-refractivity contribution in [2.45, 2.75) is 12.8 Å². The second-order valence-corrected chi connectivity index (χ2v) is 6.78. The van der Waals surface area contributed by atoms with Gasteiger partial charge in [0.25, 0.3) is 0 Å². The number of nitrogens with one attached hydrogen (secondary N) is 1. The Morgan fingerprint density at radius 3 is 2.50 bits per heavy atom. The predicted octanol–water partition coefficient (Wildman–Crippen LogP) is 4.86. The molecule has 0 bridgehead atoms. The van der Waals surface area contributed by atoms with E-state index < -0.39 is 0 Å². The number of thiazole rings is 1. The Labute approximate surface area is 145 Å². The zero-order valence-corrected chi connectivity index (χ0v) is 14.1. The highest BCUT2D eigenvalue weighted by Crippen LogP contribution is 2.31. The van der Waals surface area contributed by atoms with Crippen molar-refractivity contribution < 1.29 is 5.11 Å². The summed E-state index contributed by atoms with van der Waals surface area (Å²) in [5, 5.41) is 15.8. The fourth-order valence-corrected chi connectivity index (χ4v) is 3.71. The monoisotopic (exact) mass is 337 g/mol. The van der Waals surface area contributed by atoms with Crippen LogP contribution in [0.25, 0.3) is 11.3 Å². The van der Waals surface area contributed by atoms with Crippen molar-refractivity contribution in [3.8, 4) is 17.0 Å². The fraction of sp³-hybridized carbons (Fsp3) is 0.211. The first-order valence-corrected chi connectivity index (χ1v) is 9.03. The van der Waals surface area contributed by atoms with Crippen LogP contribution in [-0.4, -0.2) is 23.2 Å². The molecule has 5 heteroatoms. The number of nitrogens with zero attached hydrogens (tertiary/aromatic N) is 2. The van der Waals surface area contributed by atoms with Gasteiger partial charge in [-0.05, 0) is 37.1 Å². The molecule has 1 fully saturated rings. The molecule has 3 aromatic rings. The van der Waals surface area contributed by atoms with Crippen molar-refractivity contribution in [2.24, 2.45) is 0 Å². The van der Waals surface area contributed by atoms with Crippen LogP contribution in [0.2, 0.25) is 0 Å². The zero-order valence-electron chi connectivity index (χ0n) is 13.3. The molecule has 0 atom stereocenters. The van der Waals surface area contributed by atoms with Crippen LogP contribution < -0.4 is 10.2 Å². The van der Waals surface area contributed by atoms with E-state index in [2.05, 4.69) is 39.5 Å². The van der Waals surface area contributed by atoms with E-state index in [-0.39, 0.29) is 5.75 Å². The maximum absolute atomic E-state index is 9.84. The van der Waals surface area contributed by atoms with Crippen LogP contribution in [0, 0.1) is 0 Å². The molecule has 1 aliphatic heterocycles. The molecular formula is C19H19N3OS. The van der Waals surface area contributed by atoms with Gasteiger partial charge in [0.05, 0.1) is 11.4 Å². The molecule has 2 N–H and O–H groups in total. The van der Waals surface area contributed by atoms with Gasteiger partial charge in [0, 0.05) is 29.7 Å². The van der Waals surface area contributed by atoms with E-state index in [1.807, 2.05) is 17.5 Å². The molecule has 24 heavy (non-hydrogen) atoms. The second-order valence-electron chi connectivity index (χ2n) is 5.92. The number of aromatic nitrogens is 1. The lowest BCUT2D eigenvalue weighted by Gasteiger charge is -2.17. The average Bonchev–Trinajstić information content (AvgIpc) is 3.29. The summed E-state index contributed by atoms with van der Waals surface area (Å²) < 4.78 is 0. The lowest BCUT2D eigenvalue weighted by Crippen LogP contribution is -2.17. The Balaban J connectivity index is 1.51. The first-order chi connectivity index (χ1) is 11.8. The minimum absolute atomic E-state index is 0.226. The minimum Gasteiger partial charge on any atom is -0.506 e. The number of benzene rings is 2. The van der Waals surface area contributed by atoms with Gasteiger partial charge in [-0.2, -0.15) is 0 Å². The molecule has 0 amide bonds. The number of hydrogen-bond donors (Lipinski definition) is 2. The van der Waals surface area contributed by atoms with Crippen LogP contribution in [0.4, 0.5) is 16.5 Å². The summed E-state index contributed by atoms with van der Waals surface area (Å²) in [6.45, 7) is 2.31. The highest BCUT2D eigenvalue weighted by atomic mass is 32.1. The van der Waals surface area contributed by atoms with Gasteiger partial charge >= 0.3 is 0 Å². The molecule has 1 aliphatic rings. The summed E-state index contributed by atoms with van der Waals surface area (Å²) in [6, 6.07) is 15.8. The van der Waals surface area contributed by atoms with Crippen LogP contribution >= 0.6 is 11.3 Å². The van der Waals surface area contributed by atoms with E-state index in [1.165, 1.54) is 29.9 Å². The number of rotatable bonds is 4. The van der Waals surface area contributed by atoms with Gasteiger partial charge in [0.1, 0.15) is 5.75 Å². The van der Waals surface area contributed by atoms with Gasteiger partial charge in [0.2, 0.25) is 0 Å². The van der Waals surface area contributed by atoms with Crippen LogP contribution in [0.3, 0.4) is 0 Å². The van der Waals surface area contributed by atoms with Crippen molar-refractivity contribution in [3.63, 3.8) is 0 Å². The van der Waals surface area contributed by atoms with E-state index in [9.17, 15) is 5.11 Å². The lowest BCUT2D eigenvalue weighted by molar-refractivity contribution is 0.478. The standard InChI is InChI=1S/C19H19N3OS/c23-18-6-2-1-5-16(18)20-19-21-17(13-24-19)14-7-9-15(10-8-14)22-11-3-4-12-22/h1-2,5-10,13,23H,3-4,11-12H2,(H,20,21). The maximum atomic E-state index is 9.84. The minimum atomic E-state index is 0.226. The van der Waals surface area contributed by atoms with Crippen molar-refractivity contribution >= 4 is 27.8 Å². The first-order valence-electron chi connectivity index (χ1n) is 8.15. The van der Waals surface area contributed by atoms with Crippen LogP contribution in [0.5, 0.6) is 5.75 Å². The molecule has 0 aliphatic carbocycles. The van der Waals surface area contributed by atoms with Crippen molar-refractivity contribution in [1.82, 2.24) is 4.98 Å². The lowest BCUT2D eigenvalue weighted by atomic mass is 10.1. The molecule has 0 saturated carbocycles. The Kier molecular flexibility index (Phi) is 4.09. The van der Waals surface area contributed by atoms with Crippen molar-refractivity contribution in [2.75, 3.05) is 23.3 Å². The largest absolute Gasteiger partial charge is 0.506 e. The van der Waals surface area contributed by atoms with Gasteiger partial charge in [-0.15, -0.1) is 11.3 Å². The van der Waals surface area contributed by atoms with Gasteiger partial charge in [0.15, 0.2) is 5.13 Å². The van der Waals surface area contributed by atoms with E-state index in [1.54, 1.807) is 12.1 Å². The molecule has 4 nitrogen and oxygen atoms in total. The summed E-state index contributed by atoms with van der Waals surface area (Å²) in [4.78, 5) is 7.05. The molecule has 2 aromatic carbocycles. The second kappa shape index (κ2) is 6.53. The number of para-hydroxylation sites is 2. The van der Waals surface area contributed by atoms with Gasteiger partial charge in [-0.1, -0.05) is 24.3 Å². The Hall–Kier alpha value is -2.53. The summed E-state index contributed by atoms with van der Waals surface area (Å²) in [5.41, 5.74) is 4.02. The number of phenols is 1. The average molecular weight is 337 g/mol. The molecule has 0 unspecified atom stereocenters. The number of hydrogen-bond acceptors (Lipinski definition) is 5. The normalized spacial score (nSPS) is 14.1. The van der Waals surface area contributed by atoms with Crippen molar-refractivity contribution in [1.29, 1.82) is 0 Å². The Morgan fingerprint density at radius 1 is 1.00 bits per heavy atom. The first kappa shape index (κ1) is 15.0. The molecule has 1 saturated heterocycles. The smallest absolute Gasteiger partial charge is 0.187 e.